The Morgan fingerprint density at radius 1 is 1.03 bits per heavy atom. The smallest absolute Gasteiger partial charge is 0.256 e. The molecule has 1 N–H and O–H groups in total. The van der Waals surface area contributed by atoms with Gasteiger partial charge < -0.3 is 10.1 Å². The van der Waals surface area contributed by atoms with Crippen LogP contribution in [0, 0.1) is 13.8 Å². The van der Waals surface area contributed by atoms with Crippen molar-refractivity contribution in [2.24, 2.45) is 0 Å². The van der Waals surface area contributed by atoms with Crippen molar-refractivity contribution in [1.82, 2.24) is 9.78 Å². The third kappa shape index (κ3) is 6.03. The van der Waals surface area contributed by atoms with Crippen molar-refractivity contribution in [3.63, 3.8) is 0 Å². The molecule has 0 fully saturated rings. The van der Waals surface area contributed by atoms with E-state index in [1.165, 1.54) is 5.56 Å². The van der Waals surface area contributed by atoms with E-state index in [2.05, 4.69) is 57.5 Å². The number of halogens is 2. The lowest BCUT2D eigenvalue weighted by molar-refractivity contribution is 0.102. The minimum Gasteiger partial charge on any atom is -0.489 e. The molecule has 0 atom stereocenters. The van der Waals surface area contributed by atoms with Crippen molar-refractivity contribution in [3.05, 3.63) is 110 Å². The maximum atomic E-state index is 12.7. The summed E-state index contributed by atoms with van der Waals surface area (Å²) in [5.74, 6) is 1.01. The molecule has 7 heteroatoms. The average Bonchev–Trinajstić information content (AvgIpc) is 3.15. The Labute approximate surface area is 206 Å². The van der Waals surface area contributed by atoms with Crippen LogP contribution >= 0.6 is 27.5 Å². The number of carbonyl (C=O) groups excluding carboxylic acids is 1. The van der Waals surface area contributed by atoms with Crippen LogP contribution in [0.1, 0.15) is 32.6 Å². The van der Waals surface area contributed by atoms with Gasteiger partial charge in [0, 0.05) is 16.8 Å². The van der Waals surface area contributed by atoms with Gasteiger partial charge in [-0.05, 0) is 76.8 Å². The van der Waals surface area contributed by atoms with E-state index in [9.17, 15) is 4.79 Å². The van der Waals surface area contributed by atoms with Gasteiger partial charge >= 0.3 is 0 Å². The van der Waals surface area contributed by atoms with E-state index >= 15 is 0 Å². The van der Waals surface area contributed by atoms with Crippen molar-refractivity contribution in [2.45, 2.75) is 27.0 Å². The summed E-state index contributed by atoms with van der Waals surface area (Å²) in [6, 6.07) is 21.2. The highest BCUT2D eigenvalue weighted by atomic mass is 79.9. The van der Waals surface area contributed by atoms with Crippen molar-refractivity contribution < 1.29 is 9.53 Å². The molecule has 168 valence electrons. The molecular formula is C26H23BrClN3O2. The fourth-order valence-corrected chi connectivity index (χ4v) is 3.78. The second kappa shape index (κ2) is 10.2. The number of nitrogens with one attached hydrogen (secondary N) is 1. The maximum absolute atomic E-state index is 12.7. The fraction of sp³-hybridized carbons (Fsp3) is 0.154. The SMILES string of the molecule is Cc1ccc(Cn2cc(Br)c(NC(=O)c3ccc(COc4ccc(Cl)c(C)c4)cc3)n2)cc1. The number of hydrogen-bond acceptors (Lipinski definition) is 3. The Morgan fingerprint density at radius 2 is 1.73 bits per heavy atom. The number of rotatable bonds is 7. The largest absolute Gasteiger partial charge is 0.489 e. The predicted molar refractivity (Wildman–Crippen MR) is 135 cm³/mol. The number of benzene rings is 3. The van der Waals surface area contributed by atoms with Crippen LogP contribution in [-0.2, 0) is 13.2 Å². The third-order valence-corrected chi connectivity index (χ3v) is 6.17. The molecular weight excluding hydrogens is 502 g/mol. The van der Waals surface area contributed by atoms with Crippen molar-refractivity contribution >= 4 is 39.3 Å². The normalized spacial score (nSPS) is 10.8. The van der Waals surface area contributed by atoms with E-state index in [0.29, 0.717) is 29.6 Å². The molecule has 0 saturated heterocycles. The van der Waals surface area contributed by atoms with Crippen molar-refractivity contribution in [2.75, 3.05) is 5.32 Å². The third-order valence-electron chi connectivity index (χ3n) is 5.17. The van der Waals surface area contributed by atoms with Crippen LogP contribution in [0.25, 0.3) is 0 Å². The van der Waals surface area contributed by atoms with E-state index in [4.69, 9.17) is 16.3 Å². The van der Waals surface area contributed by atoms with Gasteiger partial charge in [-0.15, -0.1) is 0 Å². The van der Waals surface area contributed by atoms with Gasteiger partial charge in [0.05, 0.1) is 11.0 Å². The topological polar surface area (TPSA) is 56.2 Å². The molecule has 0 bridgehead atoms. The van der Waals surface area contributed by atoms with Gasteiger partial charge in [0.15, 0.2) is 5.82 Å². The van der Waals surface area contributed by atoms with Crippen molar-refractivity contribution in [1.29, 1.82) is 0 Å². The van der Waals surface area contributed by atoms with Crippen LogP contribution in [-0.4, -0.2) is 15.7 Å². The zero-order valence-corrected chi connectivity index (χ0v) is 20.7. The van der Waals surface area contributed by atoms with E-state index in [1.54, 1.807) is 16.8 Å². The van der Waals surface area contributed by atoms with Gasteiger partial charge in [0.2, 0.25) is 0 Å². The van der Waals surface area contributed by atoms with E-state index in [1.807, 2.05) is 43.5 Å². The van der Waals surface area contributed by atoms with Gasteiger partial charge in [-0.25, -0.2) is 0 Å². The summed E-state index contributed by atoms with van der Waals surface area (Å²) in [7, 11) is 0. The summed E-state index contributed by atoms with van der Waals surface area (Å²) >= 11 is 9.54. The summed E-state index contributed by atoms with van der Waals surface area (Å²) < 4.78 is 8.34. The first-order valence-corrected chi connectivity index (χ1v) is 11.6. The van der Waals surface area contributed by atoms with E-state index < -0.39 is 0 Å². The lowest BCUT2D eigenvalue weighted by Gasteiger charge is -2.09. The summed E-state index contributed by atoms with van der Waals surface area (Å²) in [6.45, 7) is 5.02. The first-order valence-electron chi connectivity index (χ1n) is 10.4. The minimum absolute atomic E-state index is 0.225. The fourth-order valence-electron chi connectivity index (χ4n) is 3.25. The first-order chi connectivity index (χ1) is 15.9. The van der Waals surface area contributed by atoms with Crippen LogP contribution in [0.4, 0.5) is 5.82 Å². The standard InChI is InChI=1S/C26H23BrClN3O2/c1-17-3-5-19(6-4-17)14-31-15-23(27)25(30-31)29-26(32)21-9-7-20(8-10-21)16-33-22-11-12-24(28)18(2)13-22/h3-13,15H,14,16H2,1-2H3,(H,29,30,32). The van der Waals surface area contributed by atoms with Gasteiger partial charge in [-0.2, -0.15) is 5.10 Å². The molecule has 0 radical (unpaired) electrons. The molecule has 1 aromatic heterocycles. The zero-order valence-electron chi connectivity index (χ0n) is 18.3. The molecule has 3 aromatic carbocycles. The Hall–Kier alpha value is -3.09. The lowest BCUT2D eigenvalue weighted by Crippen LogP contribution is -2.13. The molecule has 0 aliphatic heterocycles. The molecule has 33 heavy (non-hydrogen) atoms. The quantitative estimate of drug-likeness (QED) is 0.289. The number of hydrogen-bond donors (Lipinski definition) is 1. The molecule has 0 unspecified atom stereocenters. The molecule has 4 rings (SSSR count). The van der Waals surface area contributed by atoms with Crippen molar-refractivity contribution in [3.8, 4) is 5.75 Å². The number of ether oxygens (including phenoxy) is 1. The van der Waals surface area contributed by atoms with E-state index in [0.717, 1.165) is 26.9 Å². The van der Waals surface area contributed by atoms with Crippen LogP contribution in [0.15, 0.2) is 77.4 Å². The van der Waals surface area contributed by atoms with Crippen LogP contribution in [0.5, 0.6) is 5.75 Å². The van der Waals surface area contributed by atoms with Gasteiger partial charge in [-0.3, -0.25) is 9.48 Å². The summed E-state index contributed by atoms with van der Waals surface area (Å²) in [5.41, 5.74) is 4.82. The molecule has 0 saturated carbocycles. The Balaban J connectivity index is 1.36. The number of aryl methyl sites for hydroxylation is 2. The highest BCUT2D eigenvalue weighted by molar-refractivity contribution is 9.10. The molecule has 0 spiro atoms. The molecule has 4 aromatic rings. The van der Waals surface area contributed by atoms with Gasteiger partial charge in [0.25, 0.3) is 5.91 Å². The number of amides is 1. The van der Waals surface area contributed by atoms with Gasteiger partial charge in [0.1, 0.15) is 12.4 Å². The number of aromatic nitrogens is 2. The molecule has 5 nitrogen and oxygen atoms in total. The summed E-state index contributed by atoms with van der Waals surface area (Å²) in [5, 5.41) is 8.08. The highest BCUT2D eigenvalue weighted by Gasteiger charge is 2.12. The van der Waals surface area contributed by atoms with E-state index in [-0.39, 0.29) is 5.91 Å². The Bertz CT molecular complexity index is 1270. The van der Waals surface area contributed by atoms with Crippen LogP contribution in [0.2, 0.25) is 5.02 Å². The Morgan fingerprint density at radius 3 is 2.42 bits per heavy atom. The molecule has 1 amide bonds. The van der Waals surface area contributed by atoms with Crippen LogP contribution in [0.3, 0.4) is 0 Å². The molecule has 0 aliphatic carbocycles. The number of nitrogens with zero attached hydrogens (tertiary/aromatic N) is 2. The summed E-state index contributed by atoms with van der Waals surface area (Å²) in [4.78, 5) is 12.7. The maximum Gasteiger partial charge on any atom is 0.256 e. The number of carbonyl (C=O) groups is 1. The first kappa shape index (κ1) is 23.1. The molecule has 0 aliphatic rings. The van der Waals surface area contributed by atoms with Gasteiger partial charge in [-0.1, -0.05) is 53.6 Å². The molecule has 1 heterocycles. The minimum atomic E-state index is -0.225. The second-order valence-corrected chi connectivity index (χ2v) is 9.12. The Kier molecular flexibility index (Phi) is 7.16. The number of anilines is 1. The second-order valence-electron chi connectivity index (χ2n) is 7.86. The zero-order chi connectivity index (χ0) is 23.4. The van der Waals surface area contributed by atoms with Crippen LogP contribution < -0.4 is 10.1 Å². The summed E-state index contributed by atoms with van der Waals surface area (Å²) in [6.07, 6.45) is 1.86. The highest BCUT2D eigenvalue weighted by Crippen LogP contribution is 2.23. The average molecular weight is 525 g/mol. The monoisotopic (exact) mass is 523 g/mol. The predicted octanol–water partition coefficient (Wildman–Crippen LogP) is 6.80. The lowest BCUT2D eigenvalue weighted by atomic mass is 10.1.